The van der Waals surface area contributed by atoms with Crippen molar-refractivity contribution in [2.24, 2.45) is 0 Å². The van der Waals surface area contributed by atoms with E-state index in [1.54, 1.807) is 34.8 Å². The minimum atomic E-state index is -0.471. The number of rotatable bonds is 5. The predicted molar refractivity (Wildman–Crippen MR) is 140 cm³/mol. The Kier molecular flexibility index (Phi) is 6.52. The minimum absolute atomic E-state index is 0.102. The SMILES string of the molecule is Cc1nnc2sc(-c3ccc(CNC(=S)NC(=O)c4ccc(-c5cc(Cl)ccc5Cl)o4)cc3)nn12. The maximum absolute atomic E-state index is 12.5. The van der Waals surface area contributed by atoms with E-state index in [1.807, 2.05) is 31.2 Å². The summed E-state index contributed by atoms with van der Waals surface area (Å²) in [6, 6.07) is 16.1. The molecule has 0 spiro atoms. The number of halogens is 2. The molecule has 0 radical (unpaired) electrons. The molecule has 0 atom stereocenters. The molecule has 35 heavy (non-hydrogen) atoms. The van der Waals surface area contributed by atoms with Gasteiger partial charge < -0.3 is 9.73 Å². The molecule has 0 saturated heterocycles. The number of hydrogen-bond donors (Lipinski definition) is 2. The van der Waals surface area contributed by atoms with E-state index in [-0.39, 0.29) is 10.9 Å². The third kappa shape index (κ3) is 5.06. The van der Waals surface area contributed by atoms with E-state index in [0.717, 1.165) is 26.9 Å². The zero-order valence-corrected chi connectivity index (χ0v) is 21.2. The first-order chi connectivity index (χ1) is 16.9. The number of nitrogens with zero attached hydrogens (tertiary/aromatic N) is 4. The topological polar surface area (TPSA) is 97.3 Å². The average Bonchev–Trinajstić information content (AvgIpc) is 3.58. The van der Waals surface area contributed by atoms with Gasteiger partial charge in [0, 0.05) is 22.7 Å². The van der Waals surface area contributed by atoms with Crippen LogP contribution in [0.2, 0.25) is 10.0 Å². The summed E-state index contributed by atoms with van der Waals surface area (Å²) in [7, 11) is 0. The van der Waals surface area contributed by atoms with E-state index in [0.29, 0.717) is 27.9 Å². The van der Waals surface area contributed by atoms with E-state index in [4.69, 9.17) is 39.8 Å². The van der Waals surface area contributed by atoms with Gasteiger partial charge in [0.05, 0.1) is 5.02 Å². The lowest BCUT2D eigenvalue weighted by atomic mass is 10.1. The standard InChI is InChI=1S/C23H16Cl2N6O2S2/c1-12-28-29-23-31(12)30-21(35-23)14-4-2-13(3-5-14)11-26-22(34)27-20(32)19-9-8-18(33-19)16-10-15(24)6-7-17(16)25/h2-10H,11H2,1H3,(H2,26,27,32,34). The molecule has 0 unspecified atom stereocenters. The van der Waals surface area contributed by atoms with Gasteiger partial charge in [-0.05, 0) is 55.0 Å². The normalized spacial score (nSPS) is 11.1. The first-order valence-corrected chi connectivity index (χ1v) is 12.3. The van der Waals surface area contributed by atoms with Crippen LogP contribution >= 0.6 is 46.8 Å². The van der Waals surface area contributed by atoms with Crippen molar-refractivity contribution in [3.05, 3.63) is 81.8 Å². The van der Waals surface area contributed by atoms with Crippen molar-refractivity contribution in [1.29, 1.82) is 0 Å². The molecule has 0 fully saturated rings. The summed E-state index contributed by atoms with van der Waals surface area (Å²) in [6.07, 6.45) is 0. The van der Waals surface area contributed by atoms with Gasteiger partial charge in [0.2, 0.25) is 4.96 Å². The quantitative estimate of drug-likeness (QED) is 0.281. The van der Waals surface area contributed by atoms with Gasteiger partial charge in [0.25, 0.3) is 5.91 Å². The van der Waals surface area contributed by atoms with Crippen molar-refractivity contribution in [2.45, 2.75) is 13.5 Å². The zero-order chi connectivity index (χ0) is 24.5. The molecule has 0 saturated carbocycles. The second-order valence-corrected chi connectivity index (χ2v) is 9.68. The molecule has 0 aliphatic heterocycles. The van der Waals surface area contributed by atoms with Crippen LogP contribution in [0.1, 0.15) is 21.9 Å². The smallest absolute Gasteiger partial charge is 0.293 e. The van der Waals surface area contributed by atoms with E-state index in [9.17, 15) is 4.79 Å². The summed E-state index contributed by atoms with van der Waals surface area (Å²) >= 11 is 19.0. The molecule has 2 N–H and O–H groups in total. The predicted octanol–water partition coefficient (Wildman–Crippen LogP) is 5.53. The van der Waals surface area contributed by atoms with E-state index in [2.05, 4.69) is 25.9 Å². The fraction of sp³-hybridized carbons (Fsp3) is 0.0870. The van der Waals surface area contributed by atoms with Crippen molar-refractivity contribution in [1.82, 2.24) is 30.4 Å². The highest BCUT2D eigenvalue weighted by molar-refractivity contribution is 7.80. The van der Waals surface area contributed by atoms with Crippen molar-refractivity contribution in [3.8, 4) is 21.9 Å². The third-order valence-corrected chi connectivity index (χ3v) is 6.81. The molecule has 12 heteroatoms. The van der Waals surface area contributed by atoms with Crippen LogP contribution in [-0.2, 0) is 6.54 Å². The summed E-state index contributed by atoms with van der Waals surface area (Å²) in [5, 5.41) is 20.3. The molecule has 0 aliphatic carbocycles. The molecule has 8 nitrogen and oxygen atoms in total. The summed E-state index contributed by atoms with van der Waals surface area (Å²) in [5.74, 6) is 0.810. The largest absolute Gasteiger partial charge is 0.451 e. The number of aryl methyl sites for hydroxylation is 1. The van der Waals surface area contributed by atoms with Crippen LogP contribution in [0, 0.1) is 6.92 Å². The van der Waals surface area contributed by atoms with Crippen molar-refractivity contribution in [2.75, 3.05) is 0 Å². The Balaban J connectivity index is 1.17. The number of carbonyl (C=O) groups excluding carboxylic acids is 1. The number of thiocarbonyl (C=S) groups is 1. The van der Waals surface area contributed by atoms with Crippen molar-refractivity contribution >= 4 is 62.7 Å². The van der Waals surface area contributed by atoms with Crippen LogP contribution in [0.3, 0.4) is 0 Å². The fourth-order valence-corrected chi connectivity index (χ4v) is 4.72. The van der Waals surface area contributed by atoms with E-state index in [1.165, 1.54) is 11.3 Å². The van der Waals surface area contributed by atoms with Crippen LogP contribution in [0.15, 0.2) is 59.0 Å². The van der Waals surface area contributed by atoms with Gasteiger partial charge in [-0.15, -0.1) is 10.2 Å². The molecule has 5 rings (SSSR count). The maximum Gasteiger partial charge on any atom is 0.293 e. The number of nitrogens with one attached hydrogen (secondary N) is 2. The number of fused-ring (bicyclic) bond motifs is 1. The van der Waals surface area contributed by atoms with Crippen molar-refractivity contribution in [3.63, 3.8) is 0 Å². The highest BCUT2D eigenvalue weighted by Crippen LogP contribution is 2.32. The zero-order valence-electron chi connectivity index (χ0n) is 18.1. The lowest BCUT2D eigenvalue weighted by molar-refractivity contribution is 0.0950. The molecule has 3 heterocycles. The molecule has 0 aliphatic rings. The molecular weight excluding hydrogens is 527 g/mol. The first kappa shape index (κ1) is 23.4. The molecule has 0 bridgehead atoms. The fourth-order valence-electron chi connectivity index (χ4n) is 3.28. The van der Waals surface area contributed by atoms with Crippen molar-refractivity contribution < 1.29 is 9.21 Å². The Bertz CT molecular complexity index is 1560. The molecule has 2 aromatic carbocycles. The Labute approximate surface area is 218 Å². The summed E-state index contributed by atoms with van der Waals surface area (Å²) in [6.45, 7) is 2.30. The molecule has 5 aromatic rings. The van der Waals surface area contributed by atoms with Gasteiger partial charge >= 0.3 is 0 Å². The average molecular weight is 543 g/mol. The Morgan fingerprint density at radius 1 is 1.11 bits per heavy atom. The van der Waals surface area contributed by atoms with Crippen LogP contribution in [-0.4, -0.2) is 30.8 Å². The number of aromatic nitrogens is 4. The summed E-state index contributed by atoms with van der Waals surface area (Å²) in [5.41, 5.74) is 2.56. The molecule has 1 amide bonds. The number of furan rings is 1. The lowest BCUT2D eigenvalue weighted by Gasteiger charge is -2.09. The van der Waals surface area contributed by atoms with E-state index >= 15 is 0 Å². The number of hydrogen-bond acceptors (Lipinski definition) is 7. The number of carbonyl (C=O) groups is 1. The van der Waals surface area contributed by atoms with Crippen LogP contribution in [0.4, 0.5) is 0 Å². The highest BCUT2D eigenvalue weighted by Gasteiger charge is 2.16. The Morgan fingerprint density at radius 2 is 1.91 bits per heavy atom. The molecule has 3 aromatic heterocycles. The van der Waals surface area contributed by atoms with Crippen LogP contribution < -0.4 is 10.6 Å². The molecule has 176 valence electrons. The van der Waals surface area contributed by atoms with Gasteiger partial charge in [-0.3, -0.25) is 10.1 Å². The summed E-state index contributed by atoms with van der Waals surface area (Å²) in [4.78, 5) is 13.3. The van der Waals surface area contributed by atoms with Gasteiger partial charge in [-0.1, -0.05) is 58.8 Å². The Hall–Kier alpha value is -3.31. The van der Waals surface area contributed by atoms with Gasteiger partial charge in [0.15, 0.2) is 16.7 Å². The maximum atomic E-state index is 12.5. The molecular formula is C23H16Cl2N6O2S2. The highest BCUT2D eigenvalue weighted by atomic mass is 35.5. The second kappa shape index (κ2) is 9.74. The number of benzene rings is 2. The van der Waals surface area contributed by atoms with Crippen LogP contribution in [0.25, 0.3) is 26.9 Å². The summed E-state index contributed by atoms with van der Waals surface area (Å²) < 4.78 is 7.38. The Morgan fingerprint density at radius 3 is 2.69 bits per heavy atom. The minimum Gasteiger partial charge on any atom is -0.451 e. The van der Waals surface area contributed by atoms with Crippen LogP contribution in [0.5, 0.6) is 0 Å². The van der Waals surface area contributed by atoms with E-state index < -0.39 is 5.91 Å². The second-order valence-electron chi connectivity index (χ2n) is 7.47. The van der Waals surface area contributed by atoms with Gasteiger partial charge in [0.1, 0.15) is 10.8 Å². The first-order valence-electron chi connectivity index (χ1n) is 10.3. The third-order valence-electron chi connectivity index (χ3n) is 5.05. The number of amides is 1. The lowest BCUT2D eigenvalue weighted by Crippen LogP contribution is -2.38. The monoisotopic (exact) mass is 542 g/mol. The van der Waals surface area contributed by atoms with Gasteiger partial charge in [-0.25, -0.2) is 0 Å². The van der Waals surface area contributed by atoms with Gasteiger partial charge in [-0.2, -0.15) is 9.61 Å².